The monoisotopic (exact) mass is 217 g/mol. The fourth-order valence-electron chi connectivity index (χ4n) is 1.11. The second-order valence-electron chi connectivity index (χ2n) is 2.93. The van der Waals surface area contributed by atoms with Crippen LogP contribution in [0.25, 0.3) is 6.08 Å². The molecule has 0 saturated carbocycles. The number of benzene rings is 1. The van der Waals surface area contributed by atoms with E-state index in [0.717, 1.165) is 6.07 Å². The third kappa shape index (κ3) is 2.99. The van der Waals surface area contributed by atoms with Crippen LogP contribution in [0, 0.1) is 0 Å². The zero-order chi connectivity index (χ0) is 11.5. The highest BCUT2D eigenvalue weighted by molar-refractivity contribution is 5.58. The Kier molecular flexibility index (Phi) is 3.36. The van der Waals surface area contributed by atoms with Crippen molar-refractivity contribution in [3.8, 4) is 0 Å². The zero-order valence-corrected chi connectivity index (χ0v) is 7.75. The summed E-state index contributed by atoms with van der Waals surface area (Å²) in [6.07, 6.45) is -1.70. The number of hydrogen-bond acceptors (Lipinski definition) is 2. The Morgan fingerprint density at radius 3 is 2.53 bits per heavy atom. The lowest BCUT2D eigenvalue weighted by molar-refractivity contribution is -0.136. The molecule has 3 N–H and O–H groups in total. The molecule has 0 saturated heterocycles. The van der Waals surface area contributed by atoms with Crippen molar-refractivity contribution >= 4 is 11.8 Å². The van der Waals surface area contributed by atoms with Gasteiger partial charge in [0.25, 0.3) is 0 Å². The minimum atomic E-state index is -4.45. The molecule has 0 radical (unpaired) electrons. The number of halogens is 3. The molecule has 2 nitrogen and oxygen atoms in total. The molecule has 1 rings (SSSR count). The molecule has 5 heteroatoms. The van der Waals surface area contributed by atoms with Gasteiger partial charge in [-0.05, 0) is 17.7 Å². The van der Waals surface area contributed by atoms with Crippen LogP contribution in [0.3, 0.4) is 0 Å². The lowest BCUT2D eigenvalue weighted by Crippen LogP contribution is -2.08. The standard InChI is InChI=1S/C10H10F3NO/c11-10(12,13)8-6-7(2-1-5-15)3-4-9(8)14/h1-4,6,15H,5,14H2. The molecule has 0 aliphatic rings. The Bertz CT molecular complexity index is 371. The van der Waals surface area contributed by atoms with Crippen LogP contribution in [-0.2, 0) is 6.18 Å². The van der Waals surface area contributed by atoms with Gasteiger partial charge in [0.05, 0.1) is 12.2 Å². The number of nitrogen functional groups attached to an aromatic ring is 1. The molecule has 0 amide bonds. The van der Waals surface area contributed by atoms with E-state index in [1.54, 1.807) is 0 Å². The van der Waals surface area contributed by atoms with Crippen LogP contribution in [0.15, 0.2) is 24.3 Å². The number of anilines is 1. The third-order valence-corrected chi connectivity index (χ3v) is 1.80. The Balaban J connectivity index is 3.11. The first-order valence-corrected chi connectivity index (χ1v) is 4.19. The number of aliphatic hydroxyl groups excluding tert-OH is 1. The summed E-state index contributed by atoms with van der Waals surface area (Å²) in [7, 11) is 0. The molecule has 0 aliphatic heterocycles. The zero-order valence-electron chi connectivity index (χ0n) is 7.75. The Morgan fingerprint density at radius 1 is 1.33 bits per heavy atom. The van der Waals surface area contributed by atoms with Gasteiger partial charge < -0.3 is 10.8 Å². The number of aliphatic hydroxyl groups is 1. The number of nitrogens with two attached hydrogens (primary N) is 1. The maximum atomic E-state index is 12.4. The van der Waals surface area contributed by atoms with Gasteiger partial charge in [-0.1, -0.05) is 18.2 Å². The van der Waals surface area contributed by atoms with E-state index in [1.165, 1.54) is 24.3 Å². The molecule has 1 aromatic carbocycles. The average molecular weight is 217 g/mol. The van der Waals surface area contributed by atoms with Crippen molar-refractivity contribution in [1.82, 2.24) is 0 Å². The molecule has 0 atom stereocenters. The molecule has 0 unspecified atom stereocenters. The van der Waals surface area contributed by atoms with Gasteiger partial charge in [-0.15, -0.1) is 0 Å². The Hall–Kier alpha value is -1.49. The van der Waals surface area contributed by atoms with Crippen LogP contribution in [-0.4, -0.2) is 11.7 Å². The van der Waals surface area contributed by atoms with Crippen LogP contribution < -0.4 is 5.73 Å². The fourth-order valence-corrected chi connectivity index (χ4v) is 1.11. The highest BCUT2D eigenvalue weighted by atomic mass is 19.4. The third-order valence-electron chi connectivity index (χ3n) is 1.80. The highest BCUT2D eigenvalue weighted by Crippen LogP contribution is 2.34. The van der Waals surface area contributed by atoms with Crippen LogP contribution >= 0.6 is 0 Å². The maximum absolute atomic E-state index is 12.4. The van der Waals surface area contributed by atoms with Gasteiger partial charge in [0, 0.05) is 5.69 Å². The van der Waals surface area contributed by atoms with Crippen molar-refractivity contribution in [2.75, 3.05) is 12.3 Å². The van der Waals surface area contributed by atoms with E-state index in [0.29, 0.717) is 5.56 Å². The maximum Gasteiger partial charge on any atom is 0.418 e. The largest absolute Gasteiger partial charge is 0.418 e. The minimum absolute atomic E-state index is 0.217. The first-order valence-electron chi connectivity index (χ1n) is 4.19. The second-order valence-corrected chi connectivity index (χ2v) is 2.93. The molecular formula is C10H10F3NO. The number of alkyl halides is 3. The lowest BCUT2D eigenvalue weighted by atomic mass is 10.1. The van der Waals surface area contributed by atoms with Crippen LogP contribution in [0.1, 0.15) is 11.1 Å². The molecule has 0 heterocycles. The summed E-state index contributed by atoms with van der Waals surface area (Å²) in [5.41, 5.74) is 4.40. The highest BCUT2D eigenvalue weighted by Gasteiger charge is 2.32. The van der Waals surface area contributed by atoms with E-state index in [2.05, 4.69) is 0 Å². The predicted molar refractivity (Wildman–Crippen MR) is 52.0 cm³/mol. The predicted octanol–water partition coefficient (Wildman–Crippen LogP) is 2.29. The summed E-state index contributed by atoms with van der Waals surface area (Å²) in [4.78, 5) is 0. The van der Waals surface area contributed by atoms with Crippen molar-refractivity contribution in [1.29, 1.82) is 0 Å². The van der Waals surface area contributed by atoms with Crippen LogP contribution in [0.4, 0.5) is 18.9 Å². The summed E-state index contributed by atoms with van der Waals surface area (Å²) >= 11 is 0. The summed E-state index contributed by atoms with van der Waals surface area (Å²) in [5.74, 6) is 0. The molecule has 82 valence electrons. The SMILES string of the molecule is Nc1ccc(C=CCO)cc1C(F)(F)F. The minimum Gasteiger partial charge on any atom is -0.398 e. The quantitative estimate of drug-likeness (QED) is 0.746. The van der Waals surface area contributed by atoms with Crippen molar-refractivity contribution in [3.05, 3.63) is 35.4 Å². The first kappa shape index (κ1) is 11.6. The first-order chi connectivity index (χ1) is 6.95. The topological polar surface area (TPSA) is 46.2 Å². The molecule has 15 heavy (non-hydrogen) atoms. The molecule has 0 aliphatic carbocycles. The molecule has 0 fully saturated rings. The molecule has 0 aromatic heterocycles. The fraction of sp³-hybridized carbons (Fsp3) is 0.200. The van der Waals surface area contributed by atoms with Gasteiger partial charge >= 0.3 is 6.18 Å². The van der Waals surface area contributed by atoms with Gasteiger partial charge in [-0.25, -0.2) is 0 Å². The summed E-state index contributed by atoms with van der Waals surface area (Å²) in [6, 6.07) is 3.60. The van der Waals surface area contributed by atoms with Crippen molar-refractivity contribution in [2.45, 2.75) is 6.18 Å². The molecular weight excluding hydrogens is 207 g/mol. The van der Waals surface area contributed by atoms with E-state index in [9.17, 15) is 13.2 Å². The van der Waals surface area contributed by atoms with E-state index >= 15 is 0 Å². The van der Waals surface area contributed by atoms with Gasteiger partial charge in [-0.2, -0.15) is 13.2 Å². The number of hydrogen-bond donors (Lipinski definition) is 2. The molecule has 0 spiro atoms. The lowest BCUT2D eigenvalue weighted by Gasteiger charge is -2.10. The van der Waals surface area contributed by atoms with E-state index in [-0.39, 0.29) is 12.3 Å². The van der Waals surface area contributed by atoms with Crippen molar-refractivity contribution < 1.29 is 18.3 Å². The summed E-state index contributed by atoms with van der Waals surface area (Å²) in [6.45, 7) is -0.217. The van der Waals surface area contributed by atoms with E-state index in [4.69, 9.17) is 10.8 Å². The van der Waals surface area contributed by atoms with Gasteiger partial charge in [0.15, 0.2) is 0 Å². The summed E-state index contributed by atoms with van der Waals surface area (Å²) in [5, 5.41) is 8.48. The second kappa shape index (κ2) is 4.35. The number of rotatable bonds is 2. The normalized spacial score (nSPS) is 12.3. The van der Waals surface area contributed by atoms with Crippen LogP contribution in [0.5, 0.6) is 0 Å². The van der Waals surface area contributed by atoms with E-state index < -0.39 is 11.7 Å². The smallest absolute Gasteiger partial charge is 0.398 e. The Labute approximate surface area is 84.8 Å². The van der Waals surface area contributed by atoms with Gasteiger partial charge in [0.2, 0.25) is 0 Å². The van der Waals surface area contributed by atoms with Crippen LogP contribution in [0.2, 0.25) is 0 Å². The average Bonchev–Trinajstić information content (AvgIpc) is 2.15. The summed E-state index contributed by atoms with van der Waals surface area (Å²) < 4.78 is 37.2. The van der Waals surface area contributed by atoms with Crippen molar-refractivity contribution in [3.63, 3.8) is 0 Å². The van der Waals surface area contributed by atoms with Crippen molar-refractivity contribution in [2.24, 2.45) is 0 Å². The van der Waals surface area contributed by atoms with Gasteiger partial charge in [0.1, 0.15) is 0 Å². The Morgan fingerprint density at radius 2 is 2.00 bits per heavy atom. The molecule has 0 bridgehead atoms. The van der Waals surface area contributed by atoms with E-state index in [1.807, 2.05) is 0 Å². The van der Waals surface area contributed by atoms with Gasteiger partial charge in [-0.3, -0.25) is 0 Å². The molecule has 1 aromatic rings.